The lowest BCUT2D eigenvalue weighted by atomic mass is 9.95. The van der Waals surface area contributed by atoms with E-state index in [9.17, 15) is 0 Å². The Balaban J connectivity index is 2.57. The van der Waals surface area contributed by atoms with E-state index in [0.29, 0.717) is 5.92 Å². The smallest absolute Gasteiger partial charge is 0.00204 e. The summed E-state index contributed by atoms with van der Waals surface area (Å²) < 4.78 is 0. The predicted molar refractivity (Wildman–Crippen MR) is 84.7 cm³/mol. The molecule has 1 aromatic carbocycles. The van der Waals surface area contributed by atoms with E-state index in [1.165, 1.54) is 35.5 Å². The van der Waals surface area contributed by atoms with Crippen LogP contribution in [-0.4, -0.2) is 24.6 Å². The summed E-state index contributed by atoms with van der Waals surface area (Å²) in [6.07, 6.45) is 2.49. The van der Waals surface area contributed by atoms with Crippen molar-refractivity contribution in [2.45, 2.75) is 39.5 Å². The lowest BCUT2D eigenvalue weighted by molar-refractivity contribution is 0.570. The zero-order valence-electron chi connectivity index (χ0n) is 12.0. The van der Waals surface area contributed by atoms with Gasteiger partial charge in [0, 0.05) is 6.54 Å². The molecule has 0 radical (unpaired) electrons. The summed E-state index contributed by atoms with van der Waals surface area (Å²) in [5.74, 6) is 3.15. The standard InChI is InChI=1S/C16H27NS/c1-4-10-17-13-16(9-11-18-5-2)15-8-6-7-14(3)12-15/h6-8,12,16-17H,4-5,9-11,13H2,1-3H3. The van der Waals surface area contributed by atoms with Gasteiger partial charge in [-0.3, -0.25) is 0 Å². The van der Waals surface area contributed by atoms with Crippen molar-refractivity contribution in [3.63, 3.8) is 0 Å². The zero-order chi connectivity index (χ0) is 13.2. The molecule has 1 rings (SSSR count). The first-order valence-electron chi connectivity index (χ1n) is 7.13. The maximum absolute atomic E-state index is 3.57. The van der Waals surface area contributed by atoms with Crippen LogP contribution in [0.3, 0.4) is 0 Å². The van der Waals surface area contributed by atoms with Gasteiger partial charge in [-0.15, -0.1) is 0 Å². The van der Waals surface area contributed by atoms with Crippen LogP contribution in [0, 0.1) is 6.92 Å². The molecule has 0 aromatic heterocycles. The van der Waals surface area contributed by atoms with Crippen molar-refractivity contribution in [2.24, 2.45) is 0 Å². The molecule has 0 bridgehead atoms. The number of nitrogens with one attached hydrogen (secondary N) is 1. The molecule has 1 atom stereocenters. The van der Waals surface area contributed by atoms with Gasteiger partial charge >= 0.3 is 0 Å². The molecule has 0 amide bonds. The van der Waals surface area contributed by atoms with Gasteiger partial charge in [0.25, 0.3) is 0 Å². The van der Waals surface area contributed by atoms with Gasteiger partial charge in [-0.2, -0.15) is 11.8 Å². The zero-order valence-corrected chi connectivity index (χ0v) is 12.9. The molecule has 1 unspecified atom stereocenters. The molecular weight excluding hydrogens is 238 g/mol. The third-order valence-corrected chi connectivity index (χ3v) is 4.08. The molecule has 2 heteroatoms. The number of rotatable bonds is 9. The molecule has 1 aromatic rings. The van der Waals surface area contributed by atoms with Crippen molar-refractivity contribution in [3.8, 4) is 0 Å². The minimum absolute atomic E-state index is 0.662. The van der Waals surface area contributed by atoms with Crippen molar-refractivity contribution in [2.75, 3.05) is 24.6 Å². The second-order valence-electron chi connectivity index (χ2n) is 4.80. The molecule has 0 saturated carbocycles. The molecule has 1 N–H and O–H groups in total. The third kappa shape index (κ3) is 5.92. The highest BCUT2D eigenvalue weighted by atomic mass is 32.2. The van der Waals surface area contributed by atoms with Gasteiger partial charge in [0.1, 0.15) is 0 Å². The van der Waals surface area contributed by atoms with Gasteiger partial charge in [-0.05, 0) is 49.3 Å². The lowest BCUT2D eigenvalue weighted by Crippen LogP contribution is -2.22. The third-order valence-electron chi connectivity index (χ3n) is 3.15. The van der Waals surface area contributed by atoms with E-state index in [4.69, 9.17) is 0 Å². The molecule has 0 aliphatic rings. The van der Waals surface area contributed by atoms with Crippen LogP contribution < -0.4 is 5.32 Å². The maximum atomic E-state index is 3.57. The highest BCUT2D eigenvalue weighted by Crippen LogP contribution is 2.22. The van der Waals surface area contributed by atoms with Crippen LogP contribution in [0.1, 0.15) is 43.7 Å². The topological polar surface area (TPSA) is 12.0 Å². The van der Waals surface area contributed by atoms with Crippen molar-refractivity contribution >= 4 is 11.8 Å². The minimum Gasteiger partial charge on any atom is -0.316 e. The fourth-order valence-corrected chi connectivity index (χ4v) is 2.87. The Hall–Kier alpha value is -0.470. The summed E-state index contributed by atoms with van der Waals surface area (Å²) in [5, 5.41) is 3.57. The normalized spacial score (nSPS) is 12.6. The Morgan fingerprint density at radius 3 is 2.78 bits per heavy atom. The van der Waals surface area contributed by atoms with E-state index in [1.54, 1.807) is 0 Å². The highest BCUT2D eigenvalue weighted by Gasteiger charge is 2.10. The molecule has 1 nitrogen and oxygen atoms in total. The molecule has 18 heavy (non-hydrogen) atoms. The monoisotopic (exact) mass is 265 g/mol. The van der Waals surface area contributed by atoms with Crippen LogP contribution in [0.4, 0.5) is 0 Å². The average Bonchev–Trinajstić information content (AvgIpc) is 2.37. The van der Waals surface area contributed by atoms with Gasteiger partial charge in [-0.25, -0.2) is 0 Å². The van der Waals surface area contributed by atoms with Gasteiger partial charge in [0.15, 0.2) is 0 Å². The number of thioether (sulfide) groups is 1. The summed E-state index contributed by atoms with van der Waals surface area (Å²) >= 11 is 2.05. The molecule has 0 spiro atoms. The van der Waals surface area contributed by atoms with E-state index < -0.39 is 0 Å². The number of hydrogen-bond donors (Lipinski definition) is 1. The SMILES string of the molecule is CCCNCC(CCSCC)c1cccc(C)c1. The van der Waals surface area contributed by atoms with E-state index in [-0.39, 0.29) is 0 Å². The summed E-state index contributed by atoms with van der Waals surface area (Å²) in [5.41, 5.74) is 2.87. The van der Waals surface area contributed by atoms with Crippen molar-refractivity contribution in [3.05, 3.63) is 35.4 Å². The molecule has 0 aliphatic heterocycles. The quantitative estimate of drug-likeness (QED) is 0.671. The fourth-order valence-electron chi connectivity index (χ4n) is 2.13. The van der Waals surface area contributed by atoms with E-state index in [1.807, 2.05) is 11.8 Å². The Labute approximate surface area is 117 Å². The summed E-state index contributed by atoms with van der Waals surface area (Å²) in [6, 6.07) is 8.99. The maximum Gasteiger partial charge on any atom is 0.00204 e. The van der Waals surface area contributed by atoms with Crippen LogP contribution in [0.2, 0.25) is 0 Å². The average molecular weight is 265 g/mol. The fraction of sp³-hybridized carbons (Fsp3) is 0.625. The first-order valence-corrected chi connectivity index (χ1v) is 8.28. The molecule has 0 heterocycles. The summed E-state index contributed by atoms with van der Waals surface area (Å²) in [4.78, 5) is 0. The van der Waals surface area contributed by atoms with Crippen LogP contribution >= 0.6 is 11.8 Å². The Morgan fingerprint density at radius 2 is 2.11 bits per heavy atom. The Morgan fingerprint density at radius 1 is 1.28 bits per heavy atom. The summed E-state index contributed by atoms with van der Waals surface area (Å²) in [6.45, 7) is 8.88. The van der Waals surface area contributed by atoms with Crippen LogP contribution in [0.5, 0.6) is 0 Å². The van der Waals surface area contributed by atoms with E-state index in [0.717, 1.165) is 13.1 Å². The molecule has 0 saturated heterocycles. The number of benzene rings is 1. The molecule has 102 valence electrons. The van der Waals surface area contributed by atoms with Crippen LogP contribution in [0.25, 0.3) is 0 Å². The van der Waals surface area contributed by atoms with Crippen molar-refractivity contribution < 1.29 is 0 Å². The second-order valence-corrected chi connectivity index (χ2v) is 6.19. The second kappa shape index (κ2) is 9.46. The molecular formula is C16H27NS. The molecule has 0 fully saturated rings. The first-order chi connectivity index (χ1) is 8.77. The van der Waals surface area contributed by atoms with Crippen molar-refractivity contribution in [1.29, 1.82) is 0 Å². The first kappa shape index (κ1) is 15.6. The van der Waals surface area contributed by atoms with E-state index >= 15 is 0 Å². The van der Waals surface area contributed by atoms with Crippen molar-refractivity contribution in [1.82, 2.24) is 5.32 Å². The van der Waals surface area contributed by atoms with Gasteiger partial charge in [0.2, 0.25) is 0 Å². The van der Waals surface area contributed by atoms with Gasteiger partial charge in [0.05, 0.1) is 0 Å². The highest BCUT2D eigenvalue weighted by molar-refractivity contribution is 7.99. The van der Waals surface area contributed by atoms with Crippen LogP contribution in [-0.2, 0) is 0 Å². The van der Waals surface area contributed by atoms with Crippen LogP contribution in [0.15, 0.2) is 24.3 Å². The van der Waals surface area contributed by atoms with E-state index in [2.05, 4.69) is 50.4 Å². The Kier molecular flexibility index (Phi) is 8.19. The van der Waals surface area contributed by atoms with Gasteiger partial charge < -0.3 is 5.32 Å². The Bertz CT molecular complexity index is 315. The minimum atomic E-state index is 0.662. The predicted octanol–water partition coefficient (Wildman–Crippen LogP) is 4.22. The number of aryl methyl sites for hydroxylation is 1. The van der Waals surface area contributed by atoms with Gasteiger partial charge in [-0.1, -0.05) is 43.7 Å². The molecule has 0 aliphatic carbocycles. The lowest BCUT2D eigenvalue weighted by Gasteiger charge is -2.18. The summed E-state index contributed by atoms with van der Waals surface area (Å²) in [7, 11) is 0. The largest absolute Gasteiger partial charge is 0.316 e. The number of hydrogen-bond acceptors (Lipinski definition) is 2.